The van der Waals surface area contributed by atoms with E-state index >= 15 is 0 Å². The lowest BCUT2D eigenvalue weighted by Gasteiger charge is -2.19. The first-order chi connectivity index (χ1) is 10.3. The Kier molecular flexibility index (Phi) is 6.64. The lowest BCUT2D eigenvalue weighted by Crippen LogP contribution is -2.32. The van der Waals surface area contributed by atoms with E-state index in [0.29, 0.717) is 6.04 Å². The van der Waals surface area contributed by atoms with E-state index in [2.05, 4.69) is 34.3 Å². The van der Waals surface area contributed by atoms with Gasteiger partial charge in [0.1, 0.15) is 0 Å². The van der Waals surface area contributed by atoms with Crippen LogP contribution in [0.1, 0.15) is 30.9 Å². The number of nitrogens with one attached hydrogen (secondary N) is 1. The molecule has 1 unspecified atom stereocenters. The highest BCUT2D eigenvalue weighted by Crippen LogP contribution is 2.17. The van der Waals surface area contributed by atoms with Crippen LogP contribution in [-0.4, -0.2) is 22.6 Å². The van der Waals surface area contributed by atoms with Crippen molar-refractivity contribution < 1.29 is 0 Å². The lowest BCUT2D eigenvalue weighted by molar-refractivity contribution is 0.477. The minimum absolute atomic E-state index is 0.429. The van der Waals surface area contributed by atoms with Crippen LogP contribution in [0.4, 0.5) is 0 Å². The van der Waals surface area contributed by atoms with E-state index in [9.17, 15) is 0 Å². The molecule has 0 radical (unpaired) electrons. The number of rotatable bonds is 8. The number of nitrogens with zero attached hydrogens (tertiary/aromatic N) is 2. The van der Waals surface area contributed by atoms with E-state index in [-0.39, 0.29) is 0 Å². The van der Waals surface area contributed by atoms with Crippen molar-refractivity contribution in [3.8, 4) is 0 Å². The first-order valence-electron chi connectivity index (χ1n) is 7.50. The van der Waals surface area contributed by atoms with Gasteiger partial charge in [0, 0.05) is 30.8 Å². The van der Waals surface area contributed by atoms with Gasteiger partial charge < -0.3 is 5.32 Å². The fourth-order valence-corrected chi connectivity index (χ4v) is 2.55. The summed E-state index contributed by atoms with van der Waals surface area (Å²) in [4.78, 5) is 8.11. The first-order valence-corrected chi connectivity index (χ1v) is 7.88. The highest BCUT2D eigenvalue weighted by atomic mass is 35.5. The molecule has 0 fully saturated rings. The molecule has 21 heavy (non-hydrogen) atoms. The molecule has 1 N–H and O–H groups in total. The topological polar surface area (TPSA) is 37.8 Å². The lowest BCUT2D eigenvalue weighted by atomic mass is 10.00. The van der Waals surface area contributed by atoms with Crippen LogP contribution in [0.15, 0.2) is 43.0 Å². The Morgan fingerprint density at radius 1 is 1.14 bits per heavy atom. The van der Waals surface area contributed by atoms with Crippen molar-refractivity contribution in [1.29, 1.82) is 0 Å². The van der Waals surface area contributed by atoms with Gasteiger partial charge in [0.2, 0.25) is 0 Å². The second-order valence-electron chi connectivity index (χ2n) is 5.22. The van der Waals surface area contributed by atoms with Crippen LogP contribution in [0.2, 0.25) is 5.02 Å². The zero-order valence-electron chi connectivity index (χ0n) is 12.4. The van der Waals surface area contributed by atoms with Gasteiger partial charge in [-0.1, -0.05) is 18.5 Å². The molecule has 0 aromatic carbocycles. The molecule has 3 nitrogen and oxygen atoms in total. The summed E-state index contributed by atoms with van der Waals surface area (Å²) in [6.45, 7) is 3.22. The molecule has 0 bridgehead atoms. The summed E-state index contributed by atoms with van der Waals surface area (Å²) in [5.41, 5.74) is 2.49. The van der Waals surface area contributed by atoms with Crippen LogP contribution in [-0.2, 0) is 12.8 Å². The van der Waals surface area contributed by atoms with Crippen LogP contribution in [0.25, 0.3) is 0 Å². The number of hydrogen-bond acceptors (Lipinski definition) is 3. The number of hydrogen-bond donors (Lipinski definition) is 1. The second kappa shape index (κ2) is 8.75. The van der Waals surface area contributed by atoms with Crippen molar-refractivity contribution in [1.82, 2.24) is 15.3 Å². The SMILES string of the molecule is CCCNC(CCc1ccncc1)Cc1ccncc1Cl. The van der Waals surface area contributed by atoms with Gasteiger partial charge in [0.15, 0.2) is 0 Å². The van der Waals surface area contributed by atoms with E-state index in [4.69, 9.17) is 11.6 Å². The fourth-order valence-electron chi connectivity index (χ4n) is 2.35. The minimum Gasteiger partial charge on any atom is -0.314 e. The molecule has 0 amide bonds. The molecule has 2 heterocycles. The van der Waals surface area contributed by atoms with Crippen LogP contribution >= 0.6 is 11.6 Å². The van der Waals surface area contributed by atoms with Crippen molar-refractivity contribution in [2.45, 2.75) is 38.6 Å². The van der Waals surface area contributed by atoms with E-state index in [1.165, 1.54) is 5.56 Å². The monoisotopic (exact) mass is 303 g/mol. The Labute approximate surface area is 131 Å². The maximum atomic E-state index is 6.22. The fraction of sp³-hybridized carbons (Fsp3) is 0.412. The molecular weight excluding hydrogens is 282 g/mol. The first kappa shape index (κ1) is 15.9. The number of aromatic nitrogens is 2. The van der Waals surface area contributed by atoms with Gasteiger partial charge in [-0.3, -0.25) is 9.97 Å². The maximum Gasteiger partial charge on any atom is 0.0621 e. The smallest absolute Gasteiger partial charge is 0.0621 e. The Morgan fingerprint density at radius 2 is 1.90 bits per heavy atom. The average molecular weight is 304 g/mol. The number of pyridine rings is 2. The van der Waals surface area contributed by atoms with E-state index in [1.54, 1.807) is 12.4 Å². The highest BCUT2D eigenvalue weighted by Gasteiger charge is 2.11. The zero-order valence-corrected chi connectivity index (χ0v) is 13.2. The normalized spacial score (nSPS) is 12.3. The molecule has 2 rings (SSSR count). The van der Waals surface area contributed by atoms with Gasteiger partial charge in [-0.05, 0) is 61.6 Å². The maximum absolute atomic E-state index is 6.22. The Hall–Kier alpha value is -1.45. The van der Waals surface area contributed by atoms with Crippen molar-refractivity contribution in [3.05, 3.63) is 59.1 Å². The van der Waals surface area contributed by atoms with E-state index in [0.717, 1.165) is 42.8 Å². The third kappa shape index (κ3) is 5.44. The highest BCUT2D eigenvalue weighted by molar-refractivity contribution is 6.31. The van der Waals surface area contributed by atoms with Gasteiger partial charge in [0.05, 0.1) is 5.02 Å². The van der Waals surface area contributed by atoms with Crippen LogP contribution < -0.4 is 5.32 Å². The summed E-state index contributed by atoms with van der Waals surface area (Å²) in [5.74, 6) is 0. The largest absolute Gasteiger partial charge is 0.314 e. The van der Waals surface area contributed by atoms with Crippen LogP contribution in [0.5, 0.6) is 0 Å². The Morgan fingerprint density at radius 3 is 2.62 bits per heavy atom. The van der Waals surface area contributed by atoms with Crippen molar-refractivity contribution in [2.24, 2.45) is 0 Å². The molecular formula is C17H22ClN3. The summed E-state index contributed by atoms with van der Waals surface area (Å²) < 4.78 is 0. The molecule has 2 aromatic rings. The second-order valence-corrected chi connectivity index (χ2v) is 5.62. The van der Waals surface area contributed by atoms with Crippen molar-refractivity contribution >= 4 is 11.6 Å². The van der Waals surface area contributed by atoms with Gasteiger partial charge in [0.25, 0.3) is 0 Å². The molecule has 0 aliphatic carbocycles. The summed E-state index contributed by atoms with van der Waals surface area (Å²) in [6, 6.07) is 6.60. The zero-order chi connectivity index (χ0) is 14.9. The third-order valence-corrected chi connectivity index (χ3v) is 3.88. The molecule has 0 aliphatic rings. The molecule has 2 aromatic heterocycles. The van der Waals surface area contributed by atoms with Crippen molar-refractivity contribution in [2.75, 3.05) is 6.54 Å². The number of aryl methyl sites for hydroxylation is 1. The van der Waals surface area contributed by atoms with Gasteiger partial charge in [-0.25, -0.2) is 0 Å². The van der Waals surface area contributed by atoms with Crippen molar-refractivity contribution in [3.63, 3.8) is 0 Å². The summed E-state index contributed by atoms with van der Waals surface area (Å²) in [6.07, 6.45) is 11.4. The molecule has 4 heteroatoms. The van der Waals surface area contributed by atoms with Gasteiger partial charge >= 0.3 is 0 Å². The van der Waals surface area contributed by atoms with Gasteiger partial charge in [-0.15, -0.1) is 0 Å². The molecule has 0 spiro atoms. The standard InChI is InChI=1S/C17H22ClN3/c1-2-8-21-16(4-3-14-5-9-19-10-6-14)12-15-7-11-20-13-17(15)18/h5-7,9-11,13,16,21H,2-4,8,12H2,1H3. The van der Waals surface area contributed by atoms with Gasteiger partial charge in [-0.2, -0.15) is 0 Å². The molecule has 1 atom stereocenters. The minimum atomic E-state index is 0.429. The molecule has 112 valence electrons. The van der Waals surface area contributed by atoms with E-state index in [1.807, 2.05) is 18.5 Å². The quantitative estimate of drug-likeness (QED) is 0.808. The number of halogens is 1. The third-order valence-electron chi connectivity index (χ3n) is 3.54. The predicted octanol–water partition coefficient (Wildman–Crippen LogP) is 3.67. The van der Waals surface area contributed by atoms with E-state index < -0.39 is 0 Å². The molecule has 0 saturated heterocycles. The Balaban J connectivity index is 1.96. The molecule has 0 aliphatic heterocycles. The summed E-state index contributed by atoms with van der Waals surface area (Å²) >= 11 is 6.22. The predicted molar refractivity (Wildman–Crippen MR) is 87.6 cm³/mol. The summed E-state index contributed by atoms with van der Waals surface area (Å²) in [7, 11) is 0. The summed E-state index contributed by atoms with van der Waals surface area (Å²) in [5, 5.41) is 4.38. The Bertz CT molecular complexity index is 531. The van der Waals surface area contributed by atoms with Crippen LogP contribution in [0, 0.1) is 0 Å². The average Bonchev–Trinajstić information content (AvgIpc) is 2.53. The molecule has 0 saturated carbocycles. The van der Waals surface area contributed by atoms with Crippen LogP contribution in [0.3, 0.4) is 0 Å².